The predicted octanol–water partition coefficient (Wildman–Crippen LogP) is 1.69. The first-order valence-corrected chi connectivity index (χ1v) is 6.56. The minimum Gasteiger partial charge on any atom is -0.496 e. The molecule has 0 atom stereocenters. The van der Waals surface area contributed by atoms with Crippen molar-refractivity contribution < 1.29 is 17.9 Å². The van der Waals surface area contributed by atoms with E-state index in [1.165, 1.54) is 25.3 Å². The molecule has 88 valence electrons. The van der Waals surface area contributed by atoms with Crippen LogP contribution in [0.4, 0.5) is 0 Å². The highest BCUT2D eigenvalue weighted by Crippen LogP contribution is 2.22. The molecule has 0 spiro atoms. The van der Waals surface area contributed by atoms with E-state index in [9.17, 15) is 13.2 Å². The smallest absolute Gasteiger partial charge is 0.178 e. The van der Waals surface area contributed by atoms with E-state index in [-0.39, 0.29) is 16.4 Å². The number of methoxy groups -OCH3 is 1. The van der Waals surface area contributed by atoms with Gasteiger partial charge in [0.25, 0.3) is 0 Å². The van der Waals surface area contributed by atoms with Gasteiger partial charge in [-0.3, -0.25) is 4.79 Å². The number of benzene rings is 1. The third-order valence-electron chi connectivity index (χ3n) is 2.16. The molecule has 0 aromatic heterocycles. The molecule has 4 nitrogen and oxygen atoms in total. The molecule has 0 amide bonds. The lowest BCUT2D eigenvalue weighted by Gasteiger charge is -2.07. The highest BCUT2D eigenvalue weighted by molar-refractivity contribution is 7.91. The predicted molar refractivity (Wildman–Crippen MR) is 60.7 cm³/mol. The Kier molecular flexibility index (Phi) is 4.06. The van der Waals surface area contributed by atoms with Crippen LogP contribution in [0.15, 0.2) is 23.1 Å². The summed E-state index contributed by atoms with van der Waals surface area (Å²) in [5.41, 5.74) is 0.345. The molecule has 5 heteroatoms. The third-order valence-corrected chi connectivity index (χ3v) is 4.08. The minimum atomic E-state index is -3.26. The normalized spacial score (nSPS) is 11.1. The molecular weight excluding hydrogens is 228 g/mol. The molecule has 1 rings (SSSR count). The molecule has 0 bridgehead atoms. The molecule has 0 saturated heterocycles. The van der Waals surface area contributed by atoms with Crippen molar-refractivity contribution >= 4 is 16.1 Å². The van der Waals surface area contributed by atoms with Crippen molar-refractivity contribution in [2.75, 3.05) is 12.9 Å². The summed E-state index contributed by atoms with van der Waals surface area (Å²) in [6, 6.07) is 4.26. The van der Waals surface area contributed by atoms with Crippen molar-refractivity contribution in [2.45, 2.75) is 18.2 Å². The molecule has 0 radical (unpaired) electrons. The van der Waals surface area contributed by atoms with Crippen LogP contribution in [0.5, 0.6) is 5.75 Å². The van der Waals surface area contributed by atoms with Gasteiger partial charge in [-0.1, -0.05) is 6.92 Å². The van der Waals surface area contributed by atoms with Crippen LogP contribution in [-0.2, 0) is 9.84 Å². The number of hydrogen-bond acceptors (Lipinski definition) is 4. The molecule has 1 aromatic carbocycles. The maximum absolute atomic E-state index is 11.8. The van der Waals surface area contributed by atoms with E-state index in [0.29, 0.717) is 18.3 Å². The quantitative estimate of drug-likeness (QED) is 0.737. The number of rotatable bonds is 5. The van der Waals surface area contributed by atoms with E-state index >= 15 is 0 Å². The Morgan fingerprint density at radius 1 is 1.38 bits per heavy atom. The van der Waals surface area contributed by atoms with Gasteiger partial charge >= 0.3 is 0 Å². The first-order chi connectivity index (χ1) is 7.55. The highest BCUT2D eigenvalue weighted by atomic mass is 32.2. The lowest BCUT2D eigenvalue weighted by atomic mass is 10.2. The Morgan fingerprint density at radius 3 is 2.56 bits per heavy atom. The zero-order valence-electron chi connectivity index (χ0n) is 9.26. The van der Waals surface area contributed by atoms with Crippen LogP contribution in [0.25, 0.3) is 0 Å². The van der Waals surface area contributed by atoms with Gasteiger partial charge in [0, 0.05) is 0 Å². The molecule has 0 heterocycles. The Balaban J connectivity index is 3.23. The van der Waals surface area contributed by atoms with E-state index < -0.39 is 9.84 Å². The molecular formula is C11H14O4S. The van der Waals surface area contributed by atoms with Gasteiger partial charge in [0.1, 0.15) is 5.75 Å². The van der Waals surface area contributed by atoms with E-state index in [2.05, 4.69) is 0 Å². The fourth-order valence-electron chi connectivity index (χ4n) is 1.37. The van der Waals surface area contributed by atoms with Crippen LogP contribution in [-0.4, -0.2) is 27.6 Å². The summed E-state index contributed by atoms with van der Waals surface area (Å²) in [5, 5.41) is 0. The van der Waals surface area contributed by atoms with Crippen molar-refractivity contribution in [1.29, 1.82) is 0 Å². The summed E-state index contributed by atoms with van der Waals surface area (Å²) < 4.78 is 28.5. The fourth-order valence-corrected chi connectivity index (χ4v) is 2.70. The molecule has 0 N–H and O–H groups in total. The van der Waals surface area contributed by atoms with Crippen LogP contribution in [0, 0.1) is 0 Å². The van der Waals surface area contributed by atoms with Crippen LogP contribution >= 0.6 is 0 Å². The second kappa shape index (κ2) is 5.12. The molecule has 1 aromatic rings. The number of hydrogen-bond donors (Lipinski definition) is 0. The molecule has 0 fully saturated rings. The van der Waals surface area contributed by atoms with Crippen molar-refractivity contribution in [3.63, 3.8) is 0 Å². The second-order valence-corrected chi connectivity index (χ2v) is 5.45. The van der Waals surface area contributed by atoms with Gasteiger partial charge < -0.3 is 4.74 Å². The molecule has 0 unspecified atom stereocenters. The van der Waals surface area contributed by atoms with Gasteiger partial charge in [-0.25, -0.2) is 8.42 Å². The van der Waals surface area contributed by atoms with E-state index in [1.54, 1.807) is 6.92 Å². The lowest BCUT2D eigenvalue weighted by molar-refractivity contribution is 0.112. The summed E-state index contributed by atoms with van der Waals surface area (Å²) >= 11 is 0. The number of carbonyl (C=O) groups excluding carboxylic acids is 1. The molecule has 0 aliphatic carbocycles. The van der Waals surface area contributed by atoms with Crippen LogP contribution in [0.1, 0.15) is 23.7 Å². The lowest BCUT2D eigenvalue weighted by Crippen LogP contribution is -2.06. The third kappa shape index (κ3) is 2.61. The van der Waals surface area contributed by atoms with Gasteiger partial charge in [-0.05, 0) is 24.6 Å². The number of aldehydes is 1. The van der Waals surface area contributed by atoms with E-state index in [0.717, 1.165) is 0 Å². The zero-order chi connectivity index (χ0) is 12.2. The highest BCUT2D eigenvalue weighted by Gasteiger charge is 2.15. The van der Waals surface area contributed by atoms with Crippen LogP contribution < -0.4 is 4.74 Å². The summed E-state index contributed by atoms with van der Waals surface area (Å²) in [5.74, 6) is 0.378. The van der Waals surface area contributed by atoms with Crippen molar-refractivity contribution in [2.24, 2.45) is 0 Å². The van der Waals surface area contributed by atoms with Gasteiger partial charge in [-0.2, -0.15) is 0 Å². The van der Waals surface area contributed by atoms with Gasteiger partial charge in [0.2, 0.25) is 0 Å². The number of sulfone groups is 1. The topological polar surface area (TPSA) is 60.4 Å². The Hall–Kier alpha value is -1.36. The first-order valence-electron chi connectivity index (χ1n) is 4.91. The minimum absolute atomic E-state index is 0.0938. The molecule has 16 heavy (non-hydrogen) atoms. The molecule has 0 saturated carbocycles. The maximum atomic E-state index is 11.8. The summed E-state index contributed by atoms with van der Waals surface area (Å²) in [4.78, 5) is 10.8. The van der Waals surface area contributed by atoms with Crippen molar-refractivity contribution in [3.8, 4) is 5.75 Å². The second-order valence-electron chi connectivity index (χ2n) is 3.34. The van der Waals surface area contributed by atoms with E-state index in [1.807, 2.05) is 0 Å². The Morgan fingerprint density at radius 2 is 2.06 bits per heavy atom. The largest absolute Gasteiger partial charge is 0.496 e. The molecule has 0 aliphatic rings. The monoisotopic (exact) mass is 242 g/mol. The summed E-state index contributed by atoms with van der Waals surface area (Å²) in [7, 11) is -1.86. The Labute approximate surface area is 95.2 Å². The number of ether oxygens (including phenoxy) is 1. The van der Waals surface area contributed by atoms with Crippen molar-refractivity contribution in [1.82, 2.24) is 0 Å². The van der Waals surface area contributed by atoms with Gasteiger partial charge in [-0.15, -0.1) is 0 Å². The SMILES string of the molecule is CCCS(=O)(=O)c1ccc(C=O)c(OC)c1. The average Bonchev–Trinajstić information content (AvgIpc) is 2.28. The first kappa shape index (κ1) is 12.7. The standard InChI is InChI=1S/C11H14O4S/c1-3-6-16(13,14)10-5-4-9(8-12)11(7-10)15-2/h4-5,7-8H,3,6H2,1-2H3. The van der Waals surface area contributed by atoms with Gasteiger partial charge in [0.15, 0.2) is 16.1 Å². The van der Waals surface area contributed by atoms with Crippen LogP contribution in [0.3, 0.4) is 0 Å². The summed E-state index contributed by atoms with van der Waals surface area (Å²) in [6.07, 6.45) is 1.19. The van der Waals surface area contributed by atoms with Crippen LogP contribution in [0.2, 0.25) is 0 Å². The summed E-state index contributed by atoms with van der Waals surface area (Å²) in [6.45, 7) is 1.80. The van der Waals surface area contributed by atoms with E-state index in [4.69, 9.17) is 4.74 Å². The van der Waals surface area contributed by atoms with Crippen molar-refractivity contribution in [3.05, 3.63) is 23.8 Å². The maximum Gasteiger partial charge on any atom is 0.178 e. The zero-order valence-corrected chi connectivity index (χ0v) is 10.1. The fraction of sp³-hybridized carbons (Fsp3) is 0.364. The van der Waals surface area contributed by atoms with Gasteiger partial charge in [0.05, 0.1) is 23.3 Å². The number of carbonyl (C=O) groups is 1. The Bertz CT molecular complexity index is 477. The molecule has 0 aliphatic heterocycles. The average molecular weight is 242 g/mol.